The number of aromatic nitrogens is 3. The number of rotatable bonds is 9. The Labute approximate surface area is 261 Å². The average Bonchev–Trinajstić information content (AvgIpc) is 3.51. The molecule has 19 heteroatoms. The van der Waals surface area contributed by atoms with E-state index in [1.807, 2.05) is 0 Å². The first-order valence-corrected chi connectivity index (χ1v) is 16.0. The van der Waals surface area contributed by atoms with E-state index in [0.29, 0.717) is 5.56 Å². The fourth-order valence-corrected chi connectivity index (χ4v) is 8.25. The van der Waals surface area contributed by atoms with E-state index in [2.05, 4.69) is 10.3 Å². The van der Waals surface area contributed by atoms with Crippen LogP contribution >= 0.6 is 0 Å². The standard InChI is InChI=1S/C26H36FN3O14Se/c27-10-3-1-2-9(4-10)11-5-30(29-28-11)15-16(34)12(6-31)42-25(19(15)37)45-26-22(40)23(18(36)14(8-33)43-26)44-24-21(39)20(38)17(35)13(7-32)41-24/h1-5,12-26,31-40H,6-8H2/t12-,13+,14+,15+,16+,17+,18+,19-,20+,21-,22-,23+,24+,25+,26+/m1/s1. The third-order valence-electron chi connectivity index (χ3n) is 8.01. The molecule has 17 nitrogen and oxygen atoms in total. The molecular formula is C26H36FN3O14Se. The molecule has 3 saturated heterocycles. The monoisotopic (exact) mass is 713 g/mol. The van der Waals surface area contributed by atoms with E-state index in [1.54, 1.807) is 6.07 Å². The number of hydrogen-bond acceptors (Lipinski definition) is 16. The van der Waals surface area contributed by atoms with Crippen molar-refractivity contribution < 1.29 is 74.4 Å². The Bertz CT molecular complexity index is 1260. The molecule has 3 aliphatic rings. The van der Waals surface area contributed by atoms with Gasteiger partial charge < -0.3 is 0 Å². The quantitative estimate of drug-likeness (QED) is 0.109. The van der Waals surface area contributed by atoms with Crippen molar-refractivity contribution in [1.29, 1.82) is 0 Å². The van der Waals surface area contributed by atoms with Crippen LogP contribution in [-0.4, -0.2) is 184 Å². The molecule has 0 saturated carbocycles. The molecule has 0 amide bonds. The second-order valence-corrected chi connectivity index (χ2v) is 13.5. The molecule has 0 unspecified atom stereocenters. The summed E-state index contributed by atoms with van der Waals surface area (Å²) in [6, 6.07) is 4.32. The summed E-state index contributed by atoms with van der Waals surface area (Å²) < 4.78 is 37.4. The number of halogens is 1. The van der Waals surface area contributed by atoms with E-state index in [9.17, 15) is 55.5 Å². The molecule has 1 aromatic carbocycles. The van der Waals surface area contributed by atoms with Crippen molar-refractivity contribution in [3.8, 4) is 11.3 Å². The predicted octanol–water partition coefficient (Wildman–Crippen LogP) is -5.61. The van der Waals surface area contributed by atoms with Crippen molar-refractivity contribution in [3.63, 3.8) is 0 Å². The van der Waals surface area contributed by atoms with Gasteiger partial charge in [-0.05, 0) is 0 Å². The third-order valence-corrected chi connectivity index (χ3v) is 10.8. The number of benzene rings is 1. The summed E-state index contributed by atoms with van der Waals surface area (Å²) in [6.45, 7) is -2.16. The second kappa shape index (κ2) is 14.6. The first-order valence-electron chi connectivity index (χ1n) is 14.0. The molecule has 0 bridgehead atoms. The number of hydrogen-bond donors (Lipinski definition) is 10. The van der Waals surface area contributed by atoms with Crippen LogP contribution in [0.4, 0.5) is 4.39 Å². The van der Waals surface area contributed by atoms with Gasteiger partial charge in [0.25, 0.3) is 0 Å². The van der Waals surface area contributed by atoms with Crippen LogP contribution in [0.15, 0.2) is 30.5 Å². The average molecular weight is 713 g/mol. The Morgan fingerprint density at radius 3 is 2.02 bits per heavy atom. The molecule has 0 radical (unpaired) electrons. The minimum atomic E-state index is -1.85. The van der Waals surface area contributed by atoms with E-state index in [0.717, 1.165) is 4.68 Å². The maximum absolute atomic E-state index is 13.8. The second-order valence-electron chi connectivity index (χ2n) is 10.9. The third kappa shape index (κ3) is 6.95. The molecule has 45 heavy (non-hydrogen) atoms. The van der Waals surface area contributed by atoms with Crippen LogP contribution in [-0.2, 0) is 18.9 Å². The SMILES string of the molecule is OC[C@@H]1O[C@@H](O[C@H]2[C@@H](O)[C@H](CO)O[C@@H]([Se][C@@H]3O[C@H](CO)[C@H](O)[C@H](n4cc(-c5cccc(F)c5)nn4)[C@H]3O)[C@@H]2O)[C@H](O)[C@@H](O)[C@H]1O. The zero-order chi connectivity index (χ0) is 32.6. The van der Waals surface area contributed by atoms with Crippen LogP contribution < -0.4 is 0 Å². The molecule has 252 valence electrons. The summed E-state index contributed by atoms with van der Waals surface area (Å²) in [7, 11) is 0. The van der Waals surface area contributed by atoms with Gasteiger partial charge in [-0.3, -0.25) is 0 Å². The van der Waals surface area contributed by atoms with Crippen LogP contribution in [0.2, 0.25) is 0 Å². The van der Waals surface area contributed by atoms with Gasteiger partial charge in [0.05, 0.1) is 0 Å². The topological polar surface area (TPSA) is 270 Å². The molecule has 5 rings (SSSR count). The summed E-state index contributed by atoms with van der Waals surface area (Å²) in [4.78, 5) is 0. The molecule has 0 aliphatic carbocycles. The zero-order valence-corrected chi connectivity index (χ0v) is 25.1. The molecule has 3 aliphatic heterocycles. The van der Waals surface area contributed by atoms with Gasteiger partial charge in [-0.15, -0.1) is 0 Å². The maximum atomic E-state index is 13.8. The minimum absolute atomic E-state index is 0.238. The van der Waals surface area contributed by atoms with Crippen LogP contribution in [0.25, 0.3) is 11.3 Å². The molecule has 15 atom stereocenters. The van der Waals surface area contributed by atoms with E-state index in [-0.39, 0.29) is 5.69 Å². The molecule has 0 spiro atoms. The number of ether oxygens (including phenoxy) is 4. The van der Waals surface area contributed by atoms with E-state index >= 15 is 0 Å². The van der Waals surface area contributed by atoms with Gasteiger partial charge in [-0.2, -0.15) is 0 Å². The molecule has 1 aromatic heterocycles. The molecule has 4 heterocycles. The Kier molecular flexibility index (Phi) is 11.2. The van der Waals surface area contributed by atoms with Gasteiger partial charge in [-0.25, -0.2) is 0 Å². The molecule has 2 aromatic rings. The fraction of sp³-hybridized carbons (Fsp3) is 0.692. The summed E-state index contributed by atoms with van der Waals surface area (Å²) in [5, 5.41) is 110. The van der Waals surface area contributed by atoms with E-state index in [4.69, 9.17) is 18.9 Å². The van der Waals surface area contributed by atoms with Gasteiger partial charge in [0.1, 0.15) is 0 Å². The fourth-order valence-electron chi connectivity index (χ4n) is 5.49. The van der Waals surface area contributed by atoms with Crippen molar-refractivity contribution in [2.75, 3.05) is 19.8 Å². The van der Waals surface area contributed by atoms with E-state index in [1.165, 1.54) is 24.4 Å². The van der Waals surface area contributed by atoms with Crippen molar-refractivity contribution in [1.82, 2.24) is 15.0 Å². The summed E-state index contributed by atoms with van der Waals surface area (Å²) >= 11 is -1.10. The number of nitrogens with zero attached hydrogens (tertiary/aromatic N) is 3. The first kappa shape index (κ1) is 34.6. The number of aliphatic hydroxyl groups excluding tert-OH is 10. The van der Waals surface area contributed by atoms with Gasteiger partial charge in [-0.1, -0.05) is 0 Å². The van der Waals surface area contributed by atoms with Crippen LogP contribution in [0.1, 0.15) is 6.04 Å². The van der Waals surface area contributed by atoms with Crippen molar-refractivity contribution >= 4 is 15.0 Å². The van der Waals surface area contributed by atoms with Crippen LogP contribution in [0.5, 0.6) is 0 Å². The summed E-state index contributed by atoms with van der Waals surface area (Å²) in [5.41, 5.74) is 0.622. The van der Waals surface area contributed by atoms with Gasteiger partial charge in [0.2, 0.25) is 0 Å². The summed E-state index contributed by atoms with van der Waals surface area (Å²) in [5.74, 6) is -0.512. The molecular weight excluding hydrogens is 676 g/mol. The van der Waals surface area contributed by atoms with E-state index < -0.39 is 130 Å². The van der Waals surface area contributed by atoms with Crippen molar-refractivity contribution in [3.05, 3.63) is 36.3 Å². The Morgan fingerprint density at radius 2 is 1.38 bits per heavy atom. The van der Waals surface area contributed by atoms with Crippen LogP contribution in [0, 0.1) is 5.82 Å². The molecule has 3 fully saturated rings. The number of aliphatic hydroxyl groups is 10. The van der Waals surface area contributed by atoms with Gasteiger partial charge >= 0.3 is 261 Å². The normalized spacial score (nSPS) is 42.5. The Hall–Kier alpha value is -1.75. The zero-order valence-electron chi connectivity index (χ0n) is 23.4. The first-order chi connectivity index (χ1) is 21.5. The summed E-state index contributed by atoms with van der Waals surface area (Å²) in [6.07, 6.45) is -17.6. The Balaban J connectivity index is 1.35. The van der Waals surface area contributed by atoms with Gasteiger partial charge in [0.15, 0.2) is 0 Å². The van der Waals surface area contributed by atoms with Crippen molar-refractivity contribution in [2.24, 2.45) is 0 Å². The van der Waals surface area contributed by atoms with Crippen LogP contribution in [0.3, 0.4) is 0 Å². The van der Waals surface area contributed by atoms with Gasteiger partial charge in [0, 0.05) is 0 Å². The Morgan fingerprint density at radius 1 is 0.756 bits per heavy atom. The predicted molar refractivity (Wildman–Crippen MR) is 144 cm³/mol. The van der Waals surface area contributed by atoms with Crippen molar-refractivity contribution in [2.45, 2.75) is 89.5 Å². The molecule has 10 N–H and O–H groups in total.